The maximum Gasteiger partial charge on any atom is 0.296 e. The molecule has 0 radical (unpaired) electrons. The first-order chi connectivity index (χ1) is 8.13. The molecular formula is C14H24N2O. The number of nitrogens with one attached hydrogen (secondary N) is 1. The van der Waals surface area contributed by atoms with Crippen molar-refractivity contribution in [1.29, 1.82) is 0 Å². The molecule has 3 heteroatoms. The van der Waals surface area contributed by atoms with Crippen LogP contribution in [0.15, 0.2) is 0 Å². The molecule has 96 valence electrons. The van der Waals surface area contributed by atoms with E-state index >= 15 is 0 Å². The quantitative estimate of drug-likeness (QED) is 0.755. The van der Waals surface area contributed by atoms with Gasteiger partial charge in [0.15, 0.2) is 0 Å². The molecule has 0 unspecified atom stereocenters. The van der Waals surface area contributed by atoms with Gasteiger partial charge in [0.25, 0.3) is 5.91 Å². The number of rotatable bonds is 4. The van der Waals surface area contributed by atoms with Crippen LogP contribution in [0.1, 0.15) is 46.5 Å². The fraction of sp³-hybridized carbons (Fsp3) is 0.786. The summed E-state index contributed by atoms with van der Waals surface area (Å²) in [6.07, 6.45) is 4.64. The van der Waals surface area contributed by atoms with Gasteiger partial charge in [0.05, 0.1) is 0 Å². The highest BCUT2D eigenvalue weighted by Crippen LogP contribution is 2.19. The molecule has 1 atom stereocenters. The van der Waals surface area contributed by atoms with Crippen molar-refractivity contribution in [2.24, 2.45) is 0 Å². The topological polar surface area (TPSA) is 32.3 Å². The molecule has 17 heavy (non-hydrogen) atoms. The predicted octanol–water partition coefficient (Wildman–Crippen LogP) is 1.78. The molecule has 0 saturated carbocycles. The Hall–Kier alpha value is -1.01. The molecule has 1 aliphatic heterocycles. The van der Waals surface area contributed by atoms with Crippen LogP contribution in [-0.4, -0.2) is 36.0 Å². The Balaban J connectivity index is 2.23. The third-order valence-electron chi connectivity index (χ3n) is 3.12. The Bertz CT molecular complexity index is 301. The summed E-state index contributed by atoms with van der Waals surface area (Å²) in [5.74, 6) is 5.44. The summed E-state index contributed by atoms with van der Waals surface area (Å²) in [6.45, 7) is 8.31. The van der Waals surface area contributed by atoms with E-state index in [2.05, 4.69) is 29.0 Å². The van der Waals surface area contributed by atoms with Crippen LogP contribution in [0.25, 0.3) is 0 Å². The summed E-state index contributed by atoms with van der Waals surface area (Å²) in [4.78, 5) is 13.8. The average molecular weight is 236 g/mol. The van der Waals surface area contributed by atoms with Crippen molar-refractivity contribution in [2.45, 2.75) is 58.5 Å². The van der Waals surface area contributed by atoms with E-state index < -0.39 is 0 Å². The van der Waals surface area contributed by atoms with Crippen molar-refractivity contribution in [3.05, 3.63) is 0 Å². The van der Waals surface area contributed by atoms with Gasteiger partial charge in [-0.3, -0.25) is 9.69 Å². The van der Waals surface area contributed by atoms with Crippen LogP contribution in [0.5, 0.6) is 0 Å². The van der Waals surface area contributed by atoms with Crippen LogP contribution in [0.4, 0.5) is 0 Å². The van der Waals surface area contributed by atoms with Crippen LogP contribution in [0, 0.1) is 11.8 Å². The highest BCUT2D eigenvalue weighted by atomic mass is 16.1. The predicted molar refractivity (Wildman–Crippen MR) is 70.6 cm³/mol. The summed E-state index contributed by atoms with van der Waals surface area (Å²) in [5, 5.41) is 2.76. The number of carbonyl (C=O) groups excluding carboxylic acids is 1. The largest absolute Gasteiger partial charge is 0.343 e. The first-order valence-electron chi connectivity index (χ1n) is 6.67. The molecule has 0 aliphatic carbocycles. The zero-order valence-corrected chi connectivity index (χ0v) is 11.3. The fourth-order valence-electron chi connectivity index (χ4n) is 2.29. The third kappa shape index (κ3) is 5.23. The number of hydrogen-bond donors (Lipinski definition) is 1. The van der Waals surface area contributed by atoms with Gasteiger partial charge in [0.1, 0.15) is 0 Å². The van der Waals surface area contributed by atoms with E-state index in [1.165, 1.54) is 25.8 Å². The second kappa shape index (κ2) is 7.34. The number of likely N-dealkylation sites (tertiary alicyclic amines) is 1. The Kier molecular flexibility index (Phi) is 6.07. The van der Waals surface area contributed by atoms with Gasteiger partial charge in [-0.05, 0) is 45.6 Å². The molecule has 1 saturated heterocycles. The van der Waals surface area contributed by atoms with E-state index in [1.807, 2.05) is 13.8 Å². The van der Waals surface area contributed by atoms with Crippen molar-refractivity contribution >= 4 is 5.91 Å². The molecule has 1 heterocycles. The molecule has 1 rings (SSSR count). The highest BCUT2D eigenvalue weighted by Gasteiger charge is 2.21. The Morgan fingerprint density at radius 2 is 2.29 bits per heavy atom. The highest BCUT2D eigenvalue weighted by molar-refractivity contribution is 5.93. The standard InChI is InChI=1S/C14H24N2O/c1-4-13-8-7-11-16(13)10-6-5-9-14(17)15-12(2)3/h12-13H,4,6-8,10-11H2,1-3H3,(H,15,17)/t13-/m0/s1. The second-order valence-electron chi connectivity index (χ2n) is 4.92. The number of carbonyl (C=O) groups is 1. The Labute approximate surface area is 105 Å². The molecular weight excluding hydrogens is 212 g/mol. The van der Waals surface area contributed by atoms with Crippen LogP contribution >= 0.6 is 0 Å². The average Bonchev–Trinajstić information content (AvgIpc) is 2.70. The summed E-state index contributed by atoms with van der Waals surface area (Å²) >= 11 is 0. The van der Waals surface area contributed by atoms with Crippen molar-refractivity contribution in [3.63, 3.8) is 0 Å². The molecule has 0 aromatic carbocycles. The van der Waals surface area contributed by atoms with E-state index in [9.17, 15) is 4.79 Å². The summed E-state index contributed by atoms with van der Waals surface area (Å²) in [5.41, 5.74) is 0. The number of hydrogen-bond acceptors (Lipinski definition) is 2. The zero-order chi connectivity index (χ0) is 12.7. The Morgan fingerprint density at radius 1 is 1.53 bits per heavy atom. The molecule has 0 spiro atoms. The lowest BCUT2D eigenvalue weighted by atomic mass is 10.2. The normalized spacial score (nSPS) is 20.1. The van der Waals surface area contributed by atoms with Crippen molar-refractivity contribution in [1.82, 2.24) is 10.2 Å². The van der Waals surface area contributed by atoms with Crippen LogP contribution in [0.2, 0.25) is 0 Å². The van der Waals surface area contributed by atoms with Crippen LogP contribution < -0.4 is 5.32 Å². The van der Waals surface area contributed by atoms with Gasteiger partial charge < -0.3 is 5.32 Å². The van der Waals surface area contributed by atoms with Crippen LogP contribution in [0.3, 0.4) is 0 Å². The third-order valence-corrected chi connectivity index (χ3v) is 3.12. The summed E-state index contributed by atoms with van der Waals surface area (Å²) in [6, 6.07) is 0.904. The van der Waals surface area contributed by atoms with Crippen molar-refractivity contribution in [3.8, 4) is 11.8 Å². The first-order valence-corrected chi connectivity index (χ1v) is 6.67. The Morgan fingerprint density at radius 3 is 2.94 bits per heavy atom. The van der Waals surface area contributed by atoms with Gasteiger partial charge in [-0.15, -0.1) is 0 Å². The fourth-order valence-corrected chi connectivity index (χ4v) is 2.29. The maximum atomic E-state index is 11.3. The number of nitrogens with zero attached hydrogens (tertiary/aromatic N) is 1. The van der Waals surface area contributed by atoms with E-state index in [0.29, 0.717) is 0 Å². The van der Waals surface area contributed by atoms with E-state index in [0.717, 1.165) is 19.0 Å². The minimum Gasteiger partial charge on any atom is -0.343 e. The minimum atomic E-state index is -0.159. The molecule has 0 aromatic rings. The van der Waals surface area contributed by atoms with Gasteiger partial charge in [0.2, 0.25) is 0 Å². The lowest BCUT2D eigenvalue weighted by Gasteiger charge is -2.21. The first kappa shape index (κ1) is 14.1. The number of amides is 1. The molecule has 1 aliphatic rings. The molecule has 1 fully saturated rings. The van der Waals surface area contributed by atoms with E-state index in [4.69, 9.17) is 0 Å². The van der Waals surface area contributed by atoms with E-state index in [-0.39, 0.29) is 11.9 Å². The van der Waals surface area contributed by atoms with Gasteiger partial charge in [0, 0.05) is 25.0 Å². The van der Waals surface area contributed by atoms with Gasteiger partial charge in [-0.25, -0.2) is 0 Å². The van der Waals surface area contributed by atoms with Gasteiger partial charge in [-0.1, -0.05) is 12.8 Å². The molecule has 1 amide bonds. The summed E-state index contributed by atoms with van der Waals surface area (Å²) in [7, 11) is 0. The van der Waals surface area contributed by atoms with Crippen molar-refractivity contribution < 1.29 is 4.79 Å². The molecule has 1 N–H and O–H groups in total. The van der Waals surface area contributed by atoms with Gasteiger partial charge >= 0.3 is 0 Å². The molecule has 0 bridgehead atoms. The lowest BCUT2D eigenvalue weighted by Crippen LogP contribution is -2.30. The monoisotopic (exact) mass is 236 g/mol. The van der Waals surface area contributed by atoms with E-state index in [1.54, 1.807) is 0 Å². The van der Waals surface area contributed by atoms with Crippen LogP contribution in [-0.2, 0) is 4.79 Å². The SMILES string of the molecule is CC[C@H]1CCCN1CCC#CC(=O)NC(C)C. The lowest BCUT2D eigenvalue weighted by molar-refractivity contribution is -0.116. The summed E-state index contributed by atoms with van der Waals surface area (Å²) < 4.78 is 0. The smallest absolute Gasteiger partial charge is 0.296 e. The van der Waals surface area contributed by atoms with Gasteiger partial charge in [-0.2, -0.15) is 0 Å². The second-order valence-corrected chi connectivity index (χ2v) is 4.92. The molecule has 0 aromatic heterocycles. The zero-order valence-electron chi connectivity index (χ0n) is 11.3. The molecule has 3 nitrogen and oxygen atoms in total. The minimum absolute atomic E-state index is 0.159. The maximum absolute atomic E-state index is 11.3. The van der Waals surface area contributed by atoms with Crippen molar-refractivity contribution in [2.75, 3.05) is 13.1 Å².